The number of rotatable bonds is 5. The van der Waals surface area contributed by atoms with Crippen LogP contribution in [0.1, 0.15) is 49.8 Å². The molecule has 1 fully saturated rings. The van der Waals surface area contributed by atoms with Gasteiger partial charge >= 0.3 is 6.03 Å². The number of sulfonamides is 1. The maximum absolute atomic E-state index is 12.7. The van der Waals surface area contributed by atoms with E-state index < -0.39 is 10.0 Å². The summed E-state index contributed by atoms with van der Waals surface area (Å²) in [4.78, 5) is 14.5. The number of piperidine rings is 1. The highest BCUT2D eigenvalue weighted by Crippen LogP contribution is 2.31. The molecule has 1 aliphatic heterocycles. The van der Waals surface area contributed by atoms with Crippen molar-refractivity contribution in [3.8, 4) is 0 Å². The summed E-state index contributed by atoms with van der Waals surface area (Å²) in [6.07, 6.45) is 4.26. The molecule has 1 aliphatic rings. The Bertz CT molecular complexity index is 921. The van der Waals surface area contributed by atoms with Crippen molar-refractivity contribution in [2.24, 2.45) is 0 Å². The van der Waals surface area contributed by atoms with Gasteiger partial charge in [0, 0.05) is 24.7 Å². The lowest BCUT2D eigenvalue weighted by molar-refractivity contribution is 0.192. The molecule has 9 heteroatoms. The number of amides is 2. The average molecular weight is 406 g/mol. The van der Waals surface area contributed by atoms with E-state index in [0.717, 1.165) is 24.8 Å². The second kappa shape index (κ2) is 8.22. The van der Waals surface area contributed by atoms with Gasteiger partial charge in [0.2, 0.25) is 10.0 Å². The standard InChI is InChI=1S/C19H27N5O3S/c1-13(2)14-6-8-16(9-7-14)21-19(25)24-10-4-5-15(12-24)18-17(11-20-22-18)23-28(3,26)27/h6-9,11,13,15,23H,4-5,10,12H2,1-3H3,(H,20,22)(H,21,25)/t15-/m1/s1. The lowest BCUT2D eigenvalue weighted by Crippen LogP contribution is -2.41. The summed E-state index contributed by atoms with van der Waals surface area (Å²) in [5.41, 5.74) is 3.14. The minimum atomic E-state index is -3.39. The van der Waals surface area contributed by atoms with Crippen molar-refractivity contribution in [3.63, 3.8) is 0 Å². The second-order valence-corrected chi connectivity index (χ2v) is 9.31. The van der Waals surface area contributed by atoms with Crippen LogP contribution in [0.5, 0.6) is 0 Å². The smallest absolute Gasteiger partial charge is 0.321 e. The first kappa shape index (κ1) is 20.2. The van der Waals surface area contributed by atoms with E-state index in [9.17, 15) is 13.2 Å². The Morgan fingerprint density at radius 1 is 1.29 bits per heavy atom. The molecule has 1 saturated heterocycles. The Kier molecular flexibility index (Phi) is 5.93. The molecule has 0 radical (unpaired) electrons. The van der Waals surface area contributed by atoms with Gasteiger partial charge in [0.05, 0.1) is 23.8 Å². The highest BCUT2D eigenvalue weighted by atomic mass is 32.2. The van der Waals surface area contributed by atoms with Crippen molar-refractivity contribution in [3.05, 3.63) is 41.7 Å². The molecule has 0 unspecified atom stereocenters. The molecule has 0 saturated carbocycles. The molecule has 2 aromatic rings. The quantitative estimate of drug-likeness (QED) is 0.709. The molecular weight excluding hydrogens is 378 g/mol. The normalized spacial score (nSPS) is 17.6. The van der Waals surface area contributed by atoms with Crippen molar-refractivity contribution in [2.75, 3.05) is 29.4 Å². The van der Waals surface area contributed by atoms with Gasteiger partial charge in [-0.25, -0.2) is 13.2 Å². The lowest BCUT2D eigenvalue weighted by atomic mass is 9.94. The fraction of sp³-hybridized carbons (Fsp3) is 0.474. The van der Waals surface area contributed by atoms with Crippen molar-refractivity contribution in [1.82, 2.24) is 15.1 Å². The van der Waals surface area contributed by atoms with Crippen LogP contribution in [0.3, 0.4) is 0 Å². The van der Waals surface area contributed by atoms with Crippen molar-refractivity contribution in [2.45, 2.75) is 38.5 Å². The molecule has 2 heterocycles. The van der Waals surface area contributed by atoms with Crippen LogP contribution in [-0.2, 0) is 10.0 Å². The van der Waals surface area contributed by atoms with Crippen LogP contribution in [0.4, 0.5) is 16.2 Å². The minimum absolute atomic E-state index is 0.00503. The molecule has 3 N–H and O–H groups in total. The number of carbonyl (C=O) groups excluding carboxylic acids is 1. The van der Waals surface area contributed by atoms with Crippen molar-refractivity contribution >= 4 is 27.4 Å². The van der Waals surface area contributed by atoms with Crippen LogP contribution in [0.2, 0.25) is 0 Å². The maximum atomic E-state index is 12.7. The van der Waals surface area contributed by atoms with E-state index in [1.165, 1.54) is 11.8 Å². The SMILES string of the molecule is CC(C)c1ccc(NC(=O)N2CCC[C@@H](c3[nH]ncc3NS(C)(=O)=O)C2)cc1. The van der Waals surface area contributed by atoms with Gasteiger partial charge in [-0.05, 0) is 36.5 Å². The Hall–Kier alpha value is -2.55. The van der Waals surface area contributed by atoms with Crippen LogP contribution < -0.4 is 10.0 Å². The predicted molar refractivity (Wildman–Crippen MR) is 110 cm³/mol. The van der Waals surface area contributed by atoms with Crippen LogP contribution in [0.25, 0.3) is 0 Å². The lowest BCUT2D eigenvalue weighted by Gasteiger charge is -2.32. The van der Waals surface area contributed by atoms with Gasteiger partial charge in [0.15, 0.2) is 0 Å². The molecule has 28 heavy (non-hydrogen) atoms. The summed E-state index contributed by atoms with van der Waals surface area (Å²) in [7, 11) is -3.39. The van der Waals surface area contributed by atoms with Gasteiger partial charge in [-0.3, -0.25) is 9.82 Å². The highest BCUT2D eigenvalue weighted by Gasteiger charge is 2.28. The predicted octanol–water partition coefficient (Wildman–Crippen LogP) is 3.32. The molecule has 0 bridgehead atoms. The molecule has 1 atom stereocenters. The van der Waals surface area contributed by atoms with Crippen LogP contribution in [0.15, 0.2) is 30.5 Å². The molecule has 8 nitrogen and oxygen atoms in total. The third-order valence-corrected chi connectivity index (χ3v) is 5.50. The zero-order valence-corrected chi connectivity index (χ0v) is 17.2. The summed E-state index contributed by atoms with van der Waals surface area (Å²) in [5, 5.41) is 9.81. The summed E-state index contributed by atoms with van der Waals surface area (Å²) < 4.78 is 25.6. The molecule has 0 aliphatic carbocycles. The number of hydrogen-bond acceptors (Lipinski definition) is 4. The summed E-state index contributed by atoms with van der Waals surface area (Å²) >= 11 is 0. The Labute approximate surface area is 165 Å². The average Bonchev–Trinajstić information content (AvgIpc) is 3.08. The fourth-order valence-electron chi connectivity index (χ4n) is 3.44. The number of carbonyl (C=O) groups is 1. The van der Waals surface area contributed by atoms with Crippen molar-refractivity contribution < 1.29 is 13.2 Å². The van der Waals surface area contributed by atoms with Gasteiger partial charge in [0.1, 0.15) is 0 Å². The van der Waals surface area contributed by atoms with Crippen LogP contribution >= 0.6 is 0 Å². The van der Waals surface area contributed by atoms with E-state index in [2.05, 4.69) is 34.1 Å². The summed E-state index contributed by atoms with van der Waals surface area (Å²) in [5.74, 6) is 0.436. The van der Waals surface area contributed by atoms with E-state index >= 15 is 0 Å². The number of anilines is 2. The van der Waals surface area contributed by atoms with E-state index in [4.69, 9.17) is 0 Å². The van der Waals surface area contributed by atoms with Crippen LogP contribution in [-0.4, -0.2) is 48.9 Å². The van der Waals surface area contributed by atoms with E-state index in [0.29, 0.717) is 30.4 Å². The highest BCUT2D eigenvalue weighted by molar-refractivity contribution is 7.92. The number of nitrogens with one attached hydrogen (secondary N) is 3. The number of hydrogen-bond donors (Lipinski definition) is 3. The second-order valence-electron chi connectivity index (χ2n) is 7.56. The Morgan fingerprint density at radius 3 is 2.64 bits per heavy atom. The number of nitrogens with zero attached hydrogens (tertiary/aromatic N) is 2. The molecule has 1 aromatic carbocycles. The number of likely N-dealkylation sites (tertiary alicyclic amines) is 1. The van der Waals surface area contributed by atoms with E-state index in [1.807, 2.05) is 24.3 Å². The zero-order chi connectivity index (χ0) is 20.3. The number of aromatic nitrogens is 2. The molecule has 152 valence electrons. The largest absolute Gasteiger partial charge is 0.324 e. The number of H-pyrrole nitrogens is 1. The molecule has 2 amide bonds. The first-order chi connectivity index (χ1) is 13.2. The van der Waals surface area contributed by atoms with Gasteiger partial charge < -0.3 is 10.2 Å². The van der Waals surface area contributed by atoms with Gasteiger partial charge in [-0.15, -0.1) is 0 Å². The molecule has 3 rings (SSSR count). The van der Waals surface area contributed by atoms with Gasteiger partial charge in [0.25, 0.3) is 0 Å². The van der Waals surface area contributed by atoms with E-state index in [-0.39, 0.29) is 11.9 Å². The van der Waals surface area contributed by atoms with E-state index in [1.54, 1.807) is 4.90 Å². The topological polar surface area (TPSA) is 107 Å². The molecular formula is C19H27N5O3S. The number of benzene rings is 1. The number of urea groups is 1. The Morgan fingerprint density at radius 2 is 2.00 bits per heavy atom. The Balaban J connectivity index is 1.66. The van der Waals surface area contributed by atoms with Crippen LogP contribution in [0, 0.1) is 0 Å². The molecule has 1 aromatic heterocycles. The van der Waals surface area contributed by atoms with Gasteiger partial charge in [-0.1, -0.05) is 26.0 Å². The zero-order valence-electron chi connectivity index (χ0n) is 16.4. The summed E-state index contributed by atoms with van der Waals surface area (Å²) in [6.45, 7) is 5.42. The maximum Gasteiger partial charge on any atom is 0.321 e. The van der Waals surface area contributed by atoms with Crippen molar-refractivity contribution in [1.29, 1.82) is 0 Å². The fourth-order valence-corrected chi connectivity index (χ4v) is 4.00. The molecule has 0 spiro atoms. The van der Waals surface area contributed by atoms with Gasteiger partial charge in [-0.2, -0.15) is 5.10 Å². The first-order valence-corrected chi connectivity index (χ1v) is 11.3. The monoisotopic (exact) mass is 405 g/mol. The first-order valence-electron chi connectivity index (χ1n) is 9.40. The third kappa shape index (κ3) is 5.03. The minimum Gasteiger partial charge on any atom is -0.324 e. The summed E-state index contributed by atoms with van der Waals surface area (Å²) in [6, 6.07) is 7.72. The third-order valence-electron chi connectivity index (χ3n) is 4.91. The number of aromatic amines is 1.